The summed E-state index contributed by atoms with van der Waals surface area (Å²) in [5, 5.41) is 3.06. The third-order valence-electron chi connectivity index (χ3n) is 7.01. The van der Waals surface area contributed by atoms with Crippen LogP contribution in [-0.4, -0.2) is 30.1 Å². The average molecular weight is 457 g/mol. The fourth-order valence-electron chi connectivity index (χ4n) is 5.18. The number of carbonyl (C=O) groups excluding carboxylic acids is 1. The number of nitrogens with one attached hydrogen (secondary N) is 1. The van der Waals surface area contributed by atoms with Gasteiger partial charge in [0.1, 0.15) is 11.6 Å². The molecule has 5 rings (SSSR count). The Bertz CT molecular complexity index is 1240. The Labute approximate surface area is 200 Å². The van der Waals surface area contributed by atoms with Crippen molar-refractivity contribution in [2.45, 2.75) is 44.8 Å². The van der Waals surface area contributed by atoms with Crippen molar-refractivity contribution < 1.29 is 13.9 Å². The van der Waals surface area contributed by atoms with E-state index < -0.39 is 0 Å². The number of urea groups is 1. The number of aryl methyl sites for hydroxylation is 1. The van der Waals surface area contributed by atoms with E-state index in [2.05, 4.69) is 11.4 Å². The van der Waals surface area contributed by atoms with E-state index in [1.165, 1.54) is 0 Å². The van der Waals surface area contributed by atoms with Crippen LogP contribution < -0.4 is 10.1 Å². The molecule has 0 aromatic heterocycles. The Kier molecular flexibility index (Phi) is 6.10. The predicted molar refractivity (Wildman–Crippen MR) is 133 cm³/mol. The van der Waals surface area contributed by atoms with Crippen molar-refractivity contribution in [1.29, 1.82) is 0 Å². The van der Waals surface area contributed by atoms with E-state index in [0.717, 1.165) is 52.8 Å². The molecule has 0 spiro atoms. The van der Waals surface area contributed by atoms with E-state index in [9.17, 15) is 4.79 Å². The molecule has 1 fully saturated rings. The first-order chi connectivity index (χ1) is 16.5. The van der Waals surface area contributed by atoms with Crippen molar-refractivity contribution >= 4 is 11.6 Å². The molecule has 2 bridgehead atoms. The molecule has 174 valence electrons. The van der Waals surface area contributed by atoms with Crippen LogP contribution in [0.1, 0.15) is 36.0 Å². The second-order valence-corrected chi connectivity index (χ2v) is 9.12. The Morgan fingerprint density at radius 2 is 1.85 bits per heavy atom. The maximum absolute atomic E-state index is 15.1. The highest BCUT2D eigenvalue weighted by Crippen LogP contribution is 2.39. The normalized spacial score (nSPS) is 19.0. The summed E-state index contributed by atoms with van der Waals surface area (Å²) in [5.74, 6) is 0.588. The standard InChI is InChI=1S/C29H29FN2O2/c1-19-5-3-4-6-26(19)27-14-9-21(17-28(27)30)22-15-23-10-11-24(16-22)32(23)29(33)31-18-20-7-12-25(34-2)13-8-20/h3-9,12-15,17,23-24H,10-11,16,18H2,1-2H3,(H,31,33). The molecule has 34 heavy (non-hydrogen) atoms. The van der Waals surface area contributed by atoms with Crippen LogP contribution in [0.15, 0.2) is 72.8 Å². The zero-order chi connectivity index (χ0) is 23.7. The van der Waals surface area contributed by atoms with E-state index in [4.69, 9.17) is 4.74 Å². The maximum Gasteiger partial charge on any atom is 0.318 e. The first-order valence-corrected chi connectivity index (χ1v) is 11.8. The van der Waals surface area contributed by atoms with Gasteiger partial charge >= 0.3 is 6.03 Å². The largest absolute Gasteiger partial charge is 0.497 e. The van der Waals surface area contributed by atoms with Gasteiger partial charge in [0.2, 0.25) is 0 Å². The smallest absolute Gasteiger partial charge is 0.318 e. The first kappa shape index (κ1) is 22.2. The maximum atomic E-state index is 15.1. The number of benzene rings is 3. The molecule has 2 unspecified atom stereocenters. The average Bonchev–Trinajstić information content (AvgIpc) is 3.12. The number of rotatable bonds is 5. The van der Waals surface area contributed by atoms with E-state index in [0.29, 0.717) is 12.1 Å². The van der Waals surface area contributed by atoms with Gasteiger partial charge in [-0.15, -0.1) is 0 Å². The van der Waals surface area contributed by atoms with Crippen LogP contribution in [-0.2, 0) is 6.54 Å². The Balaban J connectivity index is 1.29. The minimum absolute atomic E-state index is 0.0419. The lowest BCUT2D eigenvalue weighted by Gasteiger charge is -2.34. The number of methoxy groups -OCH3 is 1. The highest BCUT2D eigenvalue weighted by molar-refractivity contribution is 5.79. The van der Waals surface area contributed by atoms with Crippen LogP contribution in [0, 0.1) is 12.7 Å². The molecule has 1 N–H and O–H groups in total. The van der Waals surface area contributed by atoms with Crippen molar-refractivity contribution in [1.82, 2.24) is 10.2 Å². The van der Waals surface area contributed by atoms with Gasteiger partial charge in [-0.1, -0.05) is 54.6 Å². The van der Waals surface area contributed by atoms with E-state index >= 15 is 4.39 Å². The van der Waals surface area contributed by atoms with E-state index in [-0.39, 0.29) is 23.9 Å². The van der Waals surface area contributed by atoms with Crippen molar-refractivity contribution in [3.05, 3.63) is 95.3 Å². The second kappa shape index (κ2) is 9.34. The molecule has 2 aliphatic rings. The summed E-state index contributed by atoms with van der Waals surface area (Å²) in [6.07, 6.45) is 4.80. The second-order valence-electron chi connectivity index (χ2n) is 9.12. The number of nitrogens with zero attached hydrogens (tertiary/aromatic N) is 1. The van der Waals surface area contributed by atoms with Crippen molar-refractivity contribution in [2.24, 2.45) is 0 Å². The van der Waals surface area contributed by atoms with Crippen molar-refractivity contribution in [3.63, 3.8) is 0 Å². The molecular formula is C29H29FN2O2. The monoisotopic (exact) mass is 456 g/mol. The fraction of sp³-hybridized carbons (Fsp3) is 0.276. The molecule has 3 aromatic carbocycles. The molecule has 0 radical (unpaired) electrons. The molecule has 0 aliphatic carbocycles. The number of hydrogen-bond acceptors (Lipinski definition) is 2. The molecular weight excluding hydrogens is 427 g/mol. The van der Waals surface area contributed by atoms with Gasteiger partial charge in [0.15, 0.2) is 0 Å². The van der Waals surface area contributed by atoms with Crippen LogP contribution in [0.25, 0.3) is 16.7 Å². The molecule has 1 saturated heterocycles. The zero-order valence-electron chi connectivity index (χ0n) is 19.6. The van der Waals surface area contributed by atoms with Gasteiger partial charge in [0.05, 0.1) is 13.2 Å². The molecule has 2 amide bonds. The first-order valence-electron chi connectivity index (χ1n) is 11.8. The fourth-order valence-corrected chi connectivity index (χ4v) is 5.18. The van der Waals surface area contributed by atoms with E-state index in [1.807, 2.05) is 72.5 Å². The van der Waals surface area contributed by atoms with Crippen molar-refractivity contribution in [2.75, 3.05) is 7.11 Å². The lowest BCUT2D eigenvalue weighted by atomic mass is 9.92. The number of halogens is 1. The van der Waals surface area contributed by atoms with Crippen LogP contribution in [0.4, 0.5) is 9.18 Å². The Hall–Kier alpha value is -3.60. The Morgan fingerprint density at radius 3 is 2.56 bits per heavy atom. The number of carbonyl (C=O) groups is 1. The summed E-state index contributed by atoms with van der Waals surface area (Å²) in [7, 11) is 1.64. The number of hydrogen-bond donors (Lipinski definition) is 1. The SMILES string of the molecule is COc1ccc(CNC(=O)N2C3C=C(c4ccc(-c5ccccc5C)c(F)c4)CC2CC3)cc1. The van der Waals surface area contributed by atoms with Crippen LogP contribution in [0.3, 0.4) is 0 Å². The molecule has 2 aliphatic heterocycles. The lowest BCUT2D eigenvalue weighted by Crippen LogP contribution is -2.48. The van der Waals surface area contributed by atoms with Gasteiger partial charge in [0.25, 0.3) is 0 Å². The summed E-state index contributed by atoms with van der Waals surface area (Å²) < 4.78 is 20.3. The summed E-state index contributed by atoms with van der Waals surface area (Å²) in [6.45, 7) is 2.47. The lowest BCUT2D eigenvalue weighted by molar-refractivity contribution is 0.179. The predicted octanol–water partition coefficient (Wildman–Crippen LogP) is 6.34. The summed E-state index contributed by atoms with van der Waals surface area (Å²) in [5.41, 5.74) is 5.66. The molecule has 5 heteroatoms. The van der Waals surface area contributed by atoms with Gasteiger partial charge in [-0.05, 0) is 72.2 Å². The van der Waals surface area contributed by atoms with Crippen molar-refractivity contribution in [3.8, 4) is 16.9 Å². The highest BCUT2D eigenvalue weighted by Gasteiger charge is 2.39. The summed E-state index contributed by atoms with van der Waals surface area (Å²) in [6, 6.07) is 21.2. The van der Waals surface area contributed by atoms with Gasteiger partial charge < -0.3 is 15.0 Å². The Morgan fingerprint density at radius 1 is 1.06 bits per heavy atom. The van der Waals surface area contributed by atoms with Gasteiger partial charge in [-0.3, -0.25) is 0 Å². The van der Waals surface area contributed by atoms with Gasteiger partial charge in [-0.2, -0.15) is 0 Å². The third kappa shape index (κ3) is 4.30. The molecule has 4 nitrogen and oxygen atoms in total. The van der Waals surface area contributed by atoms with Crippen LogP contribution >= 0.6 is 0 Å². The number of ether oxygens (including phenoxy) is 1. The molecule has 3 aromatic rings. The quantitative estimate of drug-likeness (QED) is 0.487. The minimum Gasteiger partial charge on any atom is -0.497 e. The molecule has 2 atom stereocenters. The van der Waals surface area contributed by atoms with Gasteiger partial charge in [-0.25, -0.2) is 9.18 Å². The number of amides is 2. The summed E-state index contributed by atoms with van der Waals surface area (Å²) >= 11 is 0. The zero-order valence-corrected chi connectivity index (χ0v) is 19.6. The minimum atomic E-state index is -0.209. The third-order valence-corrected chi connectivity index (χ3v) is 7.01. The highest BCUT2D eigenvalue weighted by atomic mass is 19.1. The van der Waals surface area contributed by atoms with Gasteiger partial charge in [0, 0.05) is 18.2 Å². The number of fused-ring (bicyclic) bond motifs is 2. The van der Waals surface area contributed by atoms with Crippen LogP contribution in [0.2, 0.25) is 0 Å². The van der Waals surface area contributed by atoms with E-state index in [1.54, 1.807) is 13.2 Å². The van der Waals surface area contributed by atoms with Crippen LogP contribution in [0.5, 0.6) is 5.75 Å². The molecule has 0 saturated carbocycles. The topological polar surface area (TPSA) is 41.6 Å². The summed E-state index contributed by atoms with van der Waals surface area (Å²) in [4.78, 5) is 15.0. The molecule has 2 heterocycles.